The topological polar surface area (TPSA) is 96.8 Å². The Kier molecular flexibility index (Phi) is 6.33. The number of ether oxygens (including phenoxy) is 1. The van der Waals surface area contributed by atoms with Gasteiger partial charge in [0.2, 0.25) is 0 Å². The third-order valence-corrected chi connectivity index (χ3v) is 5.09. The van der Waals surface area contributed by atoms with Crippen LogP contribution in [0.3, 0.4) is 0 Å². The Balaban J connectivity index is 1.94. The van der Waals surface area contributed by atoms with Gasteiger partial charge in [0, 0.05) is 45.5 Å². The van der Waals surface area contributed by atoms with E-state index in [0.29, 0.717) is 24.3 Å². The number of rotatable bonds is 3. The third-order valence-electron chi connectivity index (χ3n) is 5.09. The molecule has 1 saturated heterocycles. The number of carbonyl (C=O) groups excluding carboxylic acids is 3. The normalized spacial score (nSPS) is 16.7. The van der Waals surface area contributed by atoms with Crippen LogP contribution in [0.4, 0.5) is 4.79 Å². The number of aryl methyl sites for hydroxylation is 1. The minimum atomic E-state index is -0.618. The van der Waals surface area contributed by atoms with Crippen LogP contribution in [0.25, 0.3) is 0 Å². The summed E-state index contributed by atoms with van der Waals surface area (Å²) in [6.45, 7) is 6.39. The maximum absolute atomic E-state index is 13.3. The minimum Gasteiger partial charge on any atom is -0.444 e. The van der Waals surface area contributed by atoms with E-state index in [1.54, 1.807) is 54.4 Å². The average Bonchev–Trinajstić information content (AvgIpc) is 3.17. The number of hydrogen-bond donors (Lipinski definition) is 1. The van der Waals surface area contributed by atoms with Crippen molar-refractivity contribution in [3.63, 3.8) is 0 Å². The summed E-state index contributed by atoms with van der Waals surface area (Å²) < 4.78 is 7.06. The van der Waals surface area contributed by atoms with Gasteiger partial charge in [-0.05, 0) is 44.5 Å². The van der Waals surface area contributed by atoms with E-state index in [-0.39, 0.29) is 18.4 Å². The highest BCUT2D eigenvalue weighted by Crippen LogP contribution is 2.29. The van der Waals surface area contributed by atoms with E-state index in [0.717, 1.165) is 5.56 Å². The van der Waals surface area contributed by atoms with Crippen molar-refractivity contribution in [2.24, 2.45) is 7.05 Å². The molecule has 31 heavy (non-hydrogen) atoms. The van der Waals surface area contributed by atoms with Crippen LogP contribution < -0.4 is 5.32 Å². The first-order valence-corrected chi connectivity index (χ1v) is 10.2. The van der Waals surface area contributed by atoms with Crippen LogP contribution in [0.1, 0.15) is 53.2 Å². The Labute approximate surface area is 182 Å². The number of amides is 3. The Bertz CT molecular complexity index is 978. The lowest BCUT2D eigenvalue weighted by atomic mass is 9.99. The number of nitrogens with one attached hydrogen (secondary N) is 1. The van der Waals surface area contributed by atoms with Crippen LogP contribution >= 0.6 is 0 Å². The van der Waals surface area contributed by atoms with Gasteiger partial charge in [0.1, 0.15) is 11.3 Å². The van der Waals surface area contributed by atoms with Crippen LogP contribution in [-0.2, 0) is 11.8 Å². The summed E-state index contributed by atoms with van der Waals surface area (Å²) in [7, 11) is 3.28. The first-order chi connectivity index (χ1) is 14.6. The zero-order valence-electron chi connectivity index (χ0n) is 18.6. The molecule has 1 aliphatic heterocycles. The van der Waals surface area contributed by atoms with E-state index in [2.05, 4.69) is 10.4 Å². The quantitative estimate of drug-likeness (QED) is 0.810. The smallest absolute Gasteiger partial charge is 0.410 e. The second-order valence-electron chi connectivity index (χ2n) is 8.49. The maximum Gasteiger partial charge on any atom is 0.410 e. The molecule has 1 N–H and O–H groups in total. The van der Waals surface area contributed by atoms with Crippen molar-refractivity contribution < 1.29 is 19.1 Å². The van der Waals surface area contributed by atoms with Crippen molar-refractivity contribution in [3.05, 3.63) is 53.3 Å². The van der Waals surface area contributed by atoms with Gasteiger partial charge in [-0.25, -0.2) is 4.79 Å². The monoisotopic (exact) mass is 427 g/mol. The van der Waals surface area contributed by atoms with E-state index < -0.39 is 17.7 Å². The Hall–Kier alpha value is -3.36. The fourth-order valence-corrected chi connectivity index (χ4v) is 3.57. The molecule has 2 heterocycles. The summed E-state index contributed by atoms with van der Waals surface area (Å²) in [4.78, 5) is 41.5. The SMILES string of the molecule is CNC(=O)c1cccc([C@H]2CN(C(=O)OC(C)(C)C)CCN2C(=O)c2ccnn2C)c1. The molecule has 166 valence electrons. The molecule has 9 nitrogen and oxygen atoms in total. The van der Waals surface area contributed by atoms with Crippen LogP contribution in [0.5, 0.6) is 0 Å². The fraction of sp³-hybridized carbons (Fsp3) is 0.455. The molecule has 0 saturated carbocycles. The molecular formula is C22H29N5O4. The van der Waals surface area contributed by atoms with E-state index in [1.165, 1.54) is 4.68 Å². The molecule has 3 amide bonds. The van der Waals surface area contributed by atoms with E-state index in [4.69, 9.17) is 4.74 Å². The molecule has 3 rings (SSSR count). The second kappa shape index (κ2) is 8.79. The van der Waals surface area contributed by atoms with Crippen molar-refractivity contribution in [2.45, 2.75) is 32.4 Å². The van der Waals surface area contributed by atoms with E-state index in [9.17, 15) is 14.4 Å². The second-order valence-corrected chi connectivity index (χ2v) is 8.49. The lowest BCUT2D eigenvalue weighted by Gasteiger charge is -2.42. The van der Waals surface area contributed by atoms with Crippen molar-refractivity contribution in [1.29, 1.82) is 0 Å². The summed E-state index contributed by atoms with van der Waals surface area (Å²) in [6, 6.07) is 8.34. The molecule has 1 fully saturated rings. The number of hydrogen-bond acceptors (Lipinski definition) is 5. The highest BCUT2D eigenvalue weighted by Gasteiger charge is 2.36. The van der Waals surface area contributed by atoms with Gasteiger partial charge in [0.15, 0.2) is 0 Å². The van der Waals surface area contributed by atoms with Gasteiger partial charge in [0.25, 0.3) is 11.8 Å². The highest BCUT2D eigenvalue weighted by atomic mass is 16.6. The minimum absolute atomic E-state index is 0.181. The van der Waals surface area contributed by atoms with Gasteiger partial charge in [-0.1, -0.05) is 12.1 Å². The molecule has 0 bridgehead atoms. The first-order valence-electron chi connectivity index (χ1n) is 10.2. The average molecular weight is 428 g/mol. The van der Waals surface area contributed by atoms with Crippen molar-refractivity contribution >= 4 is 17.9 Å². The standard InChI is InChI=1S/C22H29N5O4/c1-22(2,3)31-21(30)26-11-12-27(20(29)17-9-10-24-25(17)5)18(14-26)15-7-6-8-16(13-15)19(28)23-4/h6-10,13,18H,11-12,14H2,1-5H3,(H,23,28)/t18-/m1/s1. The molecule has 2 aromatic rings. The highest BCUT2D eigenvalue weighted by molar-refractivity contribution is 5.95. The van der Waals surface area contributed by atoms with Gasteiger partial charge in [-0.3, -0.25) is 14.3 Å². The molecule has 1 aliphatic rings. The zero-order valence-corrected chi connectivity index (χ0v) is 18.6. The molecule has 1 aromatic heterocycles. The molecule has 0 unspecified atom stereocenters. The molecule has 0 aliphatic carbocycles. The molecule has 1 atom stereocenters. The predicted molar refractivity (Wildman–Crippen MR) is 115 cm³/mol. The predicted octanol–water partition coefficient (Wildman–Crippen LogP) is 2.21. The largest absolute Gasteiger partial charge is 0.444 e. The number of aromatic nitrogens is 2. The van der Waals surface area contributed by atoms with Gasteiger partial charge in [-0.15, -0.1) is 0 Å². The lowest BCUT2D eigenvalue weighted by molar-refractivity contribution is 0.00383. The number of carbonyl (C=O) groups is 3. The van der Waals surface area contributed by atoms with Crippen LogP contribution in [0.15, 0.2) is 36.5 Å². The van der Waals surface area contributed by atoms with Gasteiger partial charge >= 0.3 is 6.09 Å². The number of benzene rings is 1. The first kappa shape index (κ1) is 22.3. The fourth-order valence-electron chi connectivity index (χ4n) is 3.57. The molecule has 0 radical (unpaired) electrons. The number of piperazine rings is 1. The Morgan fingerprint density at radius 2 is 1.90 bits per heavy atom. The lowest BCUT2D eigenvalue weighted by Crippen LogP contribution is -2.53. The van der Waals surface area contributed by atoms with Crippen LogP contribution in [0, 0.1) is 0 Å². The van der Waals surface area contributed by atoms with Crippen molar-refractivity contribution in [2.75, 3.05) is 26.7 Å². The van der Waals surface area contributed by atoms with Gasteiger partial charge < -0.3 is 19.9 Å². The van der Waals surface area contributed by atoms with Crippen molar-refractivity contribution in [3.8, 4) is 0 Å². The summed E-state index contributed by atoms with van der Waals surface area (Å²) in [5, 5.41) is 6.71. The third kappa shape index (κ3) is 5.04. The molecule has 0 spiro atoms. The summed E-state index contributed by atoms with van der Waals surface area (Å²) in [5.74, 6) is -0.398. The van der Waals surface area contributed by atoms with Gasteiger partial charge in [-0.2, -0.15) is 5.10 Å². The summed E-state index contributed by atoms with van der Waals surface area (Å²) >= 11 is 0. The van der Waals surface area contributed by atoms with Crippen LogP contribution in [0.2, 0.25) is 0 Å². The Morgan fingerprint density at radius 1 is 1.16 bits per heavy atom. The zero-order chi connectivity index (χ0) is 22.8. The molecular weight excluding hydrogens is 398 g/mol. The van der Waals surface area contributed by atoms with E-state index >= 15 is 0 Å². The Morgan fingerprint density at radius 3 is 2.52 bits per heavy atom. The molecule has 9 heteroatoms. The van der Waals surface area contributed by atoms with Crippen molar-refractivity contribution in [1.82, 2.24) is 24.9 Å². The molecule has 1 aromatic carbocycles. The maximum atomic E-state index is 13.3. The summed E-state index contributed by atoms with van der Waals surface area (Å²) in [5.41, 5.74) is 1.10. The van der Waals surface area contributed by atoms with Gasteiger partial charge in [0.05, 0.1) is 6.04 Å². The summed E-state index contributed by atoms with van der Waals surface area (Å²) in [6.07, 6.45) is 1.15. The van der Waals surface area contributed by atoms with E-state index in [1.807, 2.05) is 26.8 Å². The number of nitrogens with zero attached hydrogens (tertiary/aromatic N) is 4. The van der Waals surface area contributed by atoms with Crippen LogP contribution in [-0.4, -0.2) is 69.8 Å².